The maximum atomic E-state index is 13.2. The molecule has 1 amide bonds. The summed E-state index contributed by atoms with van der Waals surface area (Å²) in [5, 5.41) is 11.5. The Labute approximate surface area is 195 Å². The third-order valence-electron chi connectivity index (χ3n) is 5.19. The Balaban J connectivity index is 1.58. The summed E-state index contributed by atoms with van der Waals surface area (Å²) in [5.41, 5.74) is 3.88. The molecule has 2 aromatic heterocycles. The zero-order chi connectivity index (χ0) is 23.4. The van der Waals surface area contributed by atoms with Crippen LogP contribution < -0.4 is 4.90 Å². The van der Waals surface area contributed by atoms with Crippen molar-refractivity contribution in [2.24, 2.45) is 0 Å². The van der Waals surface area contributed by atoms with Crippen LogP contribution in [0.3, 0.4) is 0 Å². The Morgan fingerprint density at radius 1 is 1.24 bits per heavy atom. The lowest BCUT2D eigenvalue weighted by molar-refractivity contribution is -0.384. The lowest BCUT2D eigenvalue weighted by Crippen LogP contribution is -2.30. The molecule has 0 saturated heterocycles. The van der Waals surface area contributed by atoms with Crippen LogP contribution in [0.1, 0.15) is 23.1 Å². The third kappa shape index (κ3) is 5.32. The van der Waals surface area contributed by atoms with Crippen LogP contribution in [0.25, 0.3) is 16.3 Å². The first-order chi connectivity index (χ1) is 15.9. The van der Waals surface area contributed by atoms with E-state index in [0.717, 1.165) is 34.3 Å². The maximum Gasteiger partial charge on any atom is 0.269 e. The molecule has 4 rings (SSSR count). The van der Waals surface area contributed by atoms with E-state index >= 15 is 0 Å². The average molecular weight is 462 g/mol. The van der Waals surface area contributed by atoms with Crippen LogP contribution in [0, 0.1) is 24.0 Å². The fourth-order valence-electron chi connectivity index (χ4n) is 3.57. The number of imidazole rings is 1. The summed E-state index contributed by atoms with van der Waals surface area (Å²) in [6, 6.07) is 10.3. The van der Waals surface area contributed by atoms with Crippen molar-refractivity contribution in [3.8, 4) is 0 Å². The minimum atomic E-state index is -0.447. The molecule has 0 bridgehead atoms. The molecule has 33 heavy (non-hydrogen) atoms. The number of nitro groups is 1. The van der Waals surface area contributed by atoms with Crippen LogP contribution in [-0.4, -0.2) is 31.9 Å². The molecule has 0 N–H and O–H groups in total. The normalized spacial score (nSPS) is 11.3. The topological polar surface area (TPSA) is 94.2 Å². The number of benzene rings is 2. The first-order valence-corrected chi connectivity index (χ1v) is 11.3. The van der Waals surface area contributed by atoms with E-state index in [-0.39, 0.29) is 11.6 Å². The van der Waals surface area contributed by atoms with Crippen LogP contribution in [-0.2, 0) is 11.3 Å². The number of thiazole rings is 1. The molecule has 0 spiro atoms. The minimum absolute atomic E-state index is 0.0137. The van der Waals surface area contributed by atoms with Crippen LogP contribution in [0.15, 0.2) is 61.2 Å². The second kappa shape index (κ2) is 9.74. The molecule has 0 unspecified atom stereocenters. The number of rotatable bonds is 8. The number of amides is 1. The van der Waals surface area contributed by atoms with Gasteiger partial charge in [-0.25, -0.2) is 9.97 Å². The fraction of sp³-hybridized carbons (Fsp3) is 0.208. The third-order valence-corrected chi connectivity index (χ3v) is 6.22. The van der Waals surface area contributed by atoms with Gasteiger partial charge in [0.2, 0.25) is 0 Å². The number of hydrogen-bond donors (Lipinski definition) is 0. The lowest BCUT2D eigenvalue weighted by atomic mass is 10.1. The Morgan fingerprint density at radius 3 is 2.73 bits per heavy atom. The van der Waals surface area contributed by atoms with E-state index < -0.39 is 4.92 Å². The van der Waals surface area contributed by atoms with E-state index in [1.54, 1.807) is 35.6 Å². The van der Waals surface area contributed by atoms with Gasteiger partial charge in [0.15, 0.2) is 5.13 Å². The van der Waals surface area contributed by atoms with Crippen molar-refractivity contribution in [3.63, 3.8) is 0 Å². The molecule has 0 aliphatic rings. The molecule has 0 aliphatic carbocycles. The second-order valence-corrected chi connectivity index (χ2v) is 8.76. The van der Waals surface area contributed by atoms with Crippen molar-refractivity contribution >= 4 is 44.4 Å². The number of aryl methyl sites for hydroxylation is 3. The van der Waals surface area contributed by atoms with E-state index in [9.17, 15) is 14.9 Å². The van der Waals surface area contributed by atoms with Crippen molar-refractivity contribution in [3.05, 3.63) is 88.0 Å². The summed E-state index contributed by atoms with van der Waals surface area (Å²) in [7, 11) is 0. The van der Waals surface area contributed by atoms with E-state index in [1.807, 2.05) is 24.6 Å². The molecule has 2 heterocycles. The number of non-ortho nitro benzene ring substituents is 1. The molecule has 0 saturated carbocycles. The Kier molecular flexibility index (Phi) is 6.60. The number of hydrogen-bond acceptors (Lipinski definition) is 6. The number of carbonyl (C=O) groups excluding carboxylic acids is 1. The van der Waals surface area contributed by atoms with Gasteiger partial charge in [-0.2, -0.15) is 0 Å². The smallest absolute Gasteiger partial charge is 0.269 e. The van der Waals surface area contributed by atoms with Crippen LogP contribution in [0.2, 0.25) is 0 Å². The second-order valence-electron chi connectivity index (χ2n) is 7.75. The lowest BCUT2D eigenvalue weighted by Gasteiger charge is -2.18. The molecule has 0 atom stereocenters. The largest absolute Gasteiger partial charge is 0.337 e. The van der Waals surface area contributed by atoms with Crippen LogP contribution >= 0.6 is 11.3 Å². The van der Waals surface area contributed by atoms with Gasteiger partial charge in [0.05, 0.1) is 21.5 Å². The molecular weight excluding hydrogens is 438 g/mol. The van der Waals surface area contributed by atoms with Gasteiger partial charge in [0.25, 0.3) is 11.6 Å². The number of nitro benzene ring substituents is 1. The highest BCUT2D eigenvalue weighted by Gasteiger charge is 2.18. The number of fused-ring (bicyclic) bond motifs is 1. The van der Waals surface area contributed by atoms with Crippen molar-refractivity contribution in [2.45, 2.75) is 26.8 Å². The standard InChI is InChI=1S/C24H23N5O3S/c1-17-14-18(2)23-21(15-17)33-24(26-23)28(12-3-11-27-13-10-25-16-27)22(30)9-6-19-4-7-20(8-5-19)29(31)32/h4-10,13-16H,3,11-12H2,1-2H3/b9-6+. The van der Waals surface area contributed by atoms with Gasteiger partial charge in [0, 0.05) is 43.7 Å². The Morgan fingerprint density at radius 2 is 2.03 bits per heavy atom. The summed E-state index contributed by atoms with van der Waals surface area (Å²) in [6.45, 7) is 5.31. The van der Waals surface area contributed by atoms with Crippen molar-refractivity contribution in [2.75, 3.05) is 11.4 Å². The van der Waals surface area contributed by atoms with E-state index in [4.69, 9.17) is 4.98 Å². The number of nitrogens with zero attached hydrogens (tertiary/aromatic N) is 5. The van der Waals surface area contributed by atoms with Gasteiger partial charge in [-0.3, -0.25) is 19.8 Å². The van der Waals surface area contributed by atoms with Crippen LogP contribution in [0.5, 0.6) is 0 Å². The molecule has 0 aliphatic heterocycles. The molecule has 8 nitrogen and oxygen atoms in total. The van der Waals surface area contributed by atoms with Gasteiger partial charge < -0.3 is 4.57 Å². The molecule has 0 fully saturated rings. The van der Waals surface area contributed by atoms with Gasteiger partial charge in [-0.1, -0.05) is 17.4 Å². The molecule has 0 radical (unpaired) electrons. The van der Waals surface area contributed by atoms with Crippen molar-refractivity contribution < 1.29 is 9.72 Å². The summed E-state index contributed by atoms with van der Waals surface area (Å²) in [5.74, 6) is -0.188. The first-order valence-electron chi connectivity index (χ1n) is 10.5. The molecule has 9 heteroatoms. The summed E-state index contributed by atoms with van der Waals surface area (Å²) in [6.07, 6.45) is 9.27. The highest BCUT2D eigenvalue weighted by Crippen LogP contribution is 2.32. The minimum Gasteiger partial charge on any atom is -0.337 e. The zero-order valence-corrected chi connectivity index (χ0v) is 19.2. The van der Waals surface area contributed by atoms with E-state index in [1.165, 1.54) is 29.5 Å². The van der Waals surface area contributed by atoms with Gasteiger partial charge >= 0.3 is 0 Å². The summed E-state index contributed by atoms with van der Waals surface area (Å²) < 4.78 is 3.02. The predicted octanol–water partition coefficient (Wildman–Crippen LogP) is 5.15. The zero-order valence-electron chi connectivity index (χ0n) is 18.3. The molecule has 168 valence electrons. The number of aromatic nitrogens is 3. The van der Waals surface area contributed by atoms with Crippen molar-refractivity contribution in [1.82, 2.24) is 14.5 Å². The number of carbonyl (C=O) groups is 1. The van der Waals surface area contributed by atoms with E-state index in [2.05, 4.69) is 17.1 Å². The predicted molar refractivity (Wildman–Crippen MR) is 130 cm³/mol. The highest BCUT2D eigenvalue weighted by atomic mass is 32.1. The van der Waals surface area contributed by atoms with Crippen LogP contribution in [0.4, 0.5) is 10.8 Å². The van der Waals surface area contributed by atoms with Gasteiger partial charge in [-0.15, -0.1) is 0 Å². The molecule has 2 aromatic carbocycles. The van der Waals surface area contributed by atoms with Crippen molar-refractivity contribution in [1.29, 1.82) is 0 Å². The quantitative estimate of drug-likeness (QED) is 0.205. The first kappa shape index (κ1) is 22.3. The molecular formula is C24H23N5O3S. The monoisotopic (exact) mass is 461 g/mol. The highest BCUT2D eigenvalue weighted by molar-refractivity contribution is 7.22. The summed E-state index contributed by atoms with van der Waals surface area (Å²) in [4.78, 5) is 34.1. The van der Waals surface area contributed by atoms with Gasteiger partial charge in [-0.05, 0) is 61.2 Å². The summed E-state index contributed by atoms with van der Waals surface area (Å²) >= 11 is 1.50. The van der Waals surface area contributed by atoms with E-state index in [0.29, 0.717) is 17.2 Å². The maximum absolute atomic E-state index is 13.2. The average Bonchev–Trinajstić information content (AvgIpc) is 3.45. The Hall–Kier alpha value is -3.85. The SMILES string of the molecule is Cc1cc(C)c2nc(N(CCCn3ccnc3)C(=O)/C=C/c3ccc([N+](=O)[O-])cc3)sc2c1. The Bertz CT molecular complexity index is 1310. The van der Waals surface area contributed by atoms with Gasteiger partial charge in [0.1, 0.15) is 0 Å². The molecule has 4 aromatic rings. The number of anilines is 1. The fourth-order valence-corrected chi connectivity index (χ4v) is 4.74.